The number of benzene rings is 12. The van der Waals surface area contributed by atoms with E-state index in [2.05, 4.69) is 313 Å². The zero-order valence-electron chi connectivity index (χ0n) is 40.3. The SMILES string of the molecule is c1ccc(-c2ccc(-n3c4ccccc4c4c(-c5ccc(N(c6ccc(-c7cccc8ccccc78)cc6)c6ccc([Si](c7ccccc7)(c7ccccc7)c7ccccc7)cc6)cc5)cccc43)cc2)cc1. The first-order chi connectivity index (χ1) is 36.2. The van der Waals surface area contributed by atoms with E-state index in [1.165, 1.54) is 86.7 Å². The van der Waals surface area contributed by atoms with Crippen LogP contribution in [-0.4, -0.2) is 12.6 Å². The van der Waals surface area contributed by atoms with E-state index >= 15 is 0 Å². The van der Waals surface area contributed by atoms with Crippen LogP contribution in [0.15, 0.2) is 303 Å². The molecule has 1 aromatic heterocycles. The van der Waals surface area contributed by atoms with Crippen LogP contribution in [0.25, 0.3) is 71.6 Å². The number of hydrogen-bond donors (Lipinski definition) is 0. The molecule has 3 heteroatoms. The zero-order valence-corrected chi connectivity index (χ0v) is 41.3. The molecule has 0 saturated heterocycles. The lowest BCUT2D eigenvalue weighted by molar-refractivity contribution is 1.18. The summed E-state index contributed by atoms with van der Waals surface area (Å²) in [5.74, 6) is 0. The minimum absolute atomic E-state index is 1.08. The van der Waals surface area contributed by atoms with Crippen molar-refractivity contribution >= 4 is 78.5 Å². The van der Waals surface area contributed by atoms with Crippen molar-refractivity contribution in [2.45, 2.75) is 0 Å². The fourth-order valence-electron chi connectivity index (χ4n) is 11.4. The topological polar surface area (TPSA) is 8.17 Å². The summed E-state index contributed by atoms with van der Waals surface area (Å²) < 4.78 is 2.41. The molecule has 344 valence electrons. The number of aromatic nitrogens is 1. The first-order valence-corrected chi connectivity index (χ1v) is 27.2. The highest BCUT2D eigenvalue weighted by atomic mass is 28.3. The molecule has 13 rings (SSSR count). The van der Waals surface area contributed by atoms with Crippen molar-refractivity contribution in [1.29, 1.82) is 0 Å². The molecule has 0 unspecified atom stereocenters. The maximum atomic E-state index is 2.41. The highest BCUT2D eigenvalue weighted by Gasteiger charge is 2.41. The van der Waals surface area contributed by atoms with Crippen LogP contribution in [0.3, 0.4) is 0 Å². The molecule has 0 saturated carbocycles. The van der Waals surface area contributed by atoms with Crippen molar-refractivity contribution in [3.8, 4) is 39.1 Å². The fourth-order valence-corrected chi connectivity index (χ4v) is 16.1. The standard InChI is InChI=1S/C70H50N2Si/c1-5-19-51(20-6-1)52-35-41-59(42-36-52)72-68-33-16-15-30-67(68)70-66(32-18-34-69(70)72)55-39-45-57(46-40-55)71(56-43-37-54(38-44-56)65-31-17-22-53-21-13-14-29-64(53)65)58-47-49-63(50-48-58)73(60-23-7-2-8-24-60,61-25-9-3-10-26-61)62-27-11-4-12-28-62/h1-50H. The van der Waals surface area contributed by atoms with Gasteiger partial charge in [-0.15, -0.1) is 0 Å². The second-order valence-electron chi connectivity index (χ2n) is 18.8. The predicted molar refractivity (Wildman–Crippen MR) is 313 cm³/mol. The summed E-state index contributed by atoms with van der Waals surface area (Å²) in [4.78, 5) is 2.41. The molecule has 0 fully saturated rings. The van der Waals surface area contributed by atoms with Gasteiger partial charge < -0.3 is 9.47 Å². The molecule has 2 nitrogen and oxygen atoms in total. The molecule has 0 N–H and O–H groups in total. The Hall–Kier alpha value is -9.28. The molecule has 0 aliphatic carbocycles. The molecule has 0 aliphatic heterocycles. The summed E-state index contributed by atoms with van der Waals surface area (Å²) >= 11 is 0. The Morgan fingerprint density at radius 1 is 0.260 bits per heavy atom. The predicted octanol–water partition coefficient (Wildman–Crippen LogP) is 15.8. The molecule has 0 amide bonds. The Bertz CT molecular complexity index is 3920. The lowest BCUT2D eigenvalue weighted by Gasteiger charge is -2.35. The average Bonchev–Trinajstić information content (AvgIpc) is 3.82. The number of fused-ring (bicyclic) bond motifs is 4. The van der Waals surface area contributed by atoms with Crippen molar-refractivity contribution in [3.05, 3.63) is 303 Å². The molecular weight excluding hydrogens is 897 g/mol. The van der Waals surface area contributed by atoms with Gasteiger partial charge in [-0.05, 0) is 126 Å². The number of rotatable bonds is 11. The Morgan fingerprint density at radius 2 is 0.658 bits per heavy atom. The van der Waals surface area contributed by atoms with Gasteiger partial charge in [0.05, 0.1) is 11.0 Å². The van der Waals surface area contributed by atoms with Gasteiger partial charge in [-0.25, -0.2) is 0 Å². The Labute approximate surface area is 428 Å². The third-order valence-corrected chi connectivity index (χ3v) is 19.6. The molecule has 1 heterocycles. The summed E-state index contributed by atoms with van der Waals surface area (Å²) in [5, 5.41) is 10.4. The van der Waals surface area contributed by atoms with Gasteiger partial charge in [-0.1, -0.05) is 243 Å². The third kappa shape index (κ3) is 7.75. The highest BCUT2D eigenvalue weighted by molar-refractivity contribution is 7.19. The van der Waals surface area contributed by atoms with Gasteiger partial charge in [-0.3, -0.25) is 0 Å². The molecule has 13 aromatic rings. The third-order valence-electron chi connectivity index (χ3n) is 14.8. The molecule has 0 aliphatic rings. The van der Waals surface area contributed by atoms with Crippen LogP contribution < -0.4 is 25.6 Å². The van der Waals surface area contributed by atoms with Gasteiger partial charge in [0.15, 0.2) is 8.07 Å². The molecule has 0 radical (unpaired) electrons. The van der Waals surface area contributed by atoms with E-state index in [4.69, 9.17) is 0 Å². The van der Waals surface area contributed by atoms with Crippen LogP contribution in [0, 0.1) is 0 Å². The molecule has 73 heavy (non-hydrogen) atoms. The van der Waals surface area contributed by atoms with Crippen LogP contribution >= 0.6 is 0 Å². The van der Waals surface area contributed by atoms with Gasteiger partial charge >= 0.3 is 0 Å². The number of anilines is 3. The summed E-state index contributed by atoms with van der Waals surface area (Å²) in [5.41, 5.74) is 14.0. The summed E-state index contributed by atoms with van der Waals surface area (Å²) in [6.07, 6.45) is 0. The monoisotopic (exact) mass is 946 g/mol. The summed E-state index contributed by atoms with van der Waals surface area (Å²) in [7, 11) is -2.73. The van der Waals surface area contributed by atoms with Crippen LogP contribution in [0.4, 0.5) is 17.1 Å². The van der Waals surface area contributed by atoms with Gasteiger partial charge in [0.2, 0.25) is 0 Å². The Kier molecular flexibility index (Phi) is 11.3. The smallest absolute Gasteiger partial charge is 0.179 e. The number of nitrogens with zero attached hydrogens (tertiary/aromatic N) is 2. The lowest BCUT2D eigenvalue weighted by Crippen LogP contribution is -2.74. The second-order valence-corrected chi connectivity index (χ2v) is 22.6. The van der Waals surface area contributed by atoms with Gasteiger partial charge in [0, 0.05) is 33.5 Å². The maximum Gasteiger partial charge on any atom is 0.179 e. The summed E-state index contributed by atoms with van der Waals surface area (Å²) in [6, 6.07) is 112. The fraction of sp³-hybridized carbons (Fsp3) is 0. The van der Waals surface area contributed by atoms with E-state index in [0.717, 1.165) is 22.7 Å². The normalized spacial score (nSPS) is 11.6. The van der Waals surface area contributed by atoms with E-state index in [1.807, 2.05) is 0 Å². The number of para-hydroxylation sites is 1. The van der Waals surface area contributed by atoms with Crippen LogP contribution in [0.2, 0.25) is 0 Å². The van der Waals surface area contributed by atoms with Gasteiger partial charge in [0.25, 0.3) is 0 Å². The van der Waals surface area contributed by atoms with E-state index in [9.17, 15) is 0 Å². The molecular formula is C70H50N2Si. The van der Waals surface area contributed by atoms with E-state index in [0.29, 0.717) is 0 Å². The van der Waals surface area contributed by atoms with Gasteiger partial charge in [-0.2, -0.15) is 0 Å². The van der Waals surface area contributed by atoms with Crippen LogP contribution in [-0.2, 0) is 0 Å². The van der Waals surface area contributed by atoms with Crippen LogP contribution in [0.5, 0.6) is 0 Å². The van der Waals surface area contributed by atoms with E-state index in [-0.39, 0.29) is 0 Å². The number of hydrogen-bond acceptors (Lipinski definition) is 1. The zero-order chi connectivity index (χ0) is 48.6. The quantitative estimate of drug-likeness (QED) is 0.0926. The van der Waals surface area contributed by atoms with Crippen LogP contribution in [0.1, 0.15) is 0 Å². The Morgan fingerprint density at radius 3 is 1.25 bits per heavy atom. The van der Waals surface area contributed by atoms with Crippen molar-refractivity contribution in [3.63, 3.8) is 0 Å². The summed E-state index contributed by atoms with van der Waals surface area (Å²) in [6.45, 7) is 0. The van der Waals surface area contributed by atoms with Crippen molar-refractivity contribution in [2.75, 3.05) is 4.90 Å². The lowest BCUT2D eigenvalue weighted by atomic mass is 9.98. The van der Waals surface area contributed by atoms with E-state index < -0.39 is 8.07 Å². The van der Waals surface area contributed by atoms with E-state index in [1.54, 1.807) is 0 Å². The highest BCUT2D eigenvalue weighted by Crippen LogP contribution is 2.41. The molecule has 12 aromatic carbocycles. The van der Waals surface area contributed by atoms with Crippen molar-refractivity contribution in [2.24, 2.45) is 0 Å². The van der Waals surface area contributed by atoms with Gasteiger partial charge in [0.1, 0.15) is 0 Å². The Balaban J connectivity index is 0.931. The van der Waals surface area contributed by atoms with Crippen molar-refractivity contribution < 1.29 is 0 Å². The maximum absolute atomic E-state index is 2.73. The molecule has 0 spiro atoms. The first kappa shape index (κ1) is 43.7. The molecule has 0 atom stereocenters. The molecule has 0 bridgehead atoms. The second kappa shape index (κ2) is 18.8. The average molecular weight is 947 g/mol. The van der Waals surface area contributed by atoms with Crippen molar-refractivity contribution in [1.82, 2.24) is 4.57 Å². The first-order valence-electron chi connectivity index (χ1n) is 25.2. The minimum Gasteiger partial charge on any atom is -0.311 e. The largest absolute Gasteiger partial charge is 0.311 e. The minimum atomic E-state index is -2.73.